The molecule has 1 aliphatic heterocycles. The molecule has 10 heteroatoms. The van der Waals surface area contributed by atoms with Gasteiger partial charge in [0.2, 0.25) is 0 Å². The lowest BCUT2D eigenvalue weighted by atomic mass is 9.76. The quantitative estimate of drug-likeness (QED) is 0.454. The van der Waals surface area contributed by atoms with Crippen molar-refractivity contribution in [2.45, 2.75) is 13.5 Å². The summed E-state index contributed by atoms with van der Waals surface area (Å²) in [5.74, 6) is -0.277. The summed E-state index contributed by atoms with van der Waals surface area (Å²) in [6.45, 7) is 5.47. The molecular formula is C12H18BFN2O5S. The monoisotopic (exact) mass is 332 g/mol. The Morgan fingerprint density at radius 2 is 2.00 bits per heavy atom. The third-order valence-electron chi connectivity index (χ3n) is 3.61. The van der Waals surface area contributed by atoms with Crippen LogP contribution in [0.1, 0.15) is 11.1 Å². The van der Waals surface area contributed by atoms with Crippen LogP contribution in [0.5, 0.6) is 5.75 Å². The highest BCUT2D eigenvalue weighted by Crippen LogP contribution is 2.20. The first kappa shape index (κ1) is 17.2. The standard InChI is InChI=1S/C12H18BFN2O5S/c1-9-10(8-16-4-2-15-3-5-16)6-11(21-22(14,19)20)7-12(9)13(17)18/h6-7,15,17-18H,2-5,8H2,1H3. The topological polar surface area (TPSA) is 99.1 Å². The molecule has 0 unspecified atom stereocenters. The van der Waals surface area contributed by atoms with Gasteiger partial charge in [0.05, 0.1) is 0 Å². The summed E-state index contributed by atoms with van der Waals surface area (Å²) in [6.07, 6.45) is 0. The molecule has 0 radical (unpaired) electrons. The maximum absolute atomic E-state index is 12.7. The van der Waals surface area contributed by atoms with Gasteiger partial charge in [-0.1, -0.05) is 3.89 Å². The average Bonchev–Trinajstić information content (AvgIpc) is 2.41. The molecule has 7 nitrogen and oxygen atoms in total. The van der Waals surface area contributed by atoms with Gasteiger partial charge in [0.1, 0.15) is 5.75 Å². The Labute approximate surface area is 129 Å². The van der Waals surface area contributed by atoms with Crippen LogP contribution < -0.4 is 15.0 Å². The summed E-state index contributed by atoms with van der Waals surface area (Å²) in [7, 11) is -6.97. The summed E-state index contributed by atoms with van der Waals surface area (Å²) >= 11 is 0. The number of rotatable bonds is 5. The number of halogens is 1. The summed E-state index contributed by atoms with van der Waals surface area (Å²) in [5, 5.41) is 22.0. The highest BCUT2D eigenvalue weighted by atomic mass is 32.3. The minimum atomic E-state index is -5.17. The molecule has 0 saturated carbocycles. The molecule has 0 bridgehead atoms. The molecule has 1 saturated heterocycles. The second kappa shape index (κ2) is 6.92. The van der Waals surface area contributed by atoms with Gasteiger partial charge in [0, 0.05) is 32.7 Å². The zero-order chi connectivity index (χ0) is 16.3. The van der Waals surface area contributed by atoms with E-state index in [0.717, 1.165) is 32.2 Å². The Hall–Kier alpha value is -1.20. The summed E-state index contributed by atoms with van der Waals surface area (Å²) in [6, 6.07) is 2.51. The molecule has 3 N–H and O–H groups in total. The summed E-state index contributed by atoms with van der Waals surface area (Å²) < 4.78 is 38.2. The summed E-state index contributed by atoms with van der Waals surface area (Å²) in [4.78, 5) is 2.13. The maximum atomic E-state index is 12.7. The Bertz CT molecular complexity index is 635. The van der Waals surface area contributed by atoms with Crippen molar-refractivity contribution in [2.75, 3.05) is 26.2 Å². The van der Waals surface area contributed by atoms with E-state index in [0.29, 0.717) is 17.7 Å². The zero-order valence-corrected chi connectivity index (χ0v) is 12.9. The molecule has 0 aromatic heterocycles. The Kier molecular flexibility index (Phi) is 5.40. The molecule has 0 aliphatic carbocycles. The minimum absolute atomic E-state index is 0.0892. The van der Waals surface area contributed by atoms with Crippen LogP contribution in [0.3, 0.4) is 0 Å². The smallest absolute Gasteiger partial charge is 0.423 e. The van der Waals surface area contributed by atoms with Crippen LogP contribution in [-0.2, 0) is 17.0 Å². The van der Waals surface area contributed by atoms with Gasteiger partial charge < -0.3 is 19.5 Å². The van der Waals surface area contributed by atoms with Crippen molar-refractivity contribution in [2.24, 2.45) is 0 Å². The van der Waals surface area contributed by atoms with Crippen molar-refractivity contribution >= 4 is 23.1 Å². The van der Waals surface area contributed by atoms with Crippen LogP contribution in [0.4, 0.5) is 3.89 Å². The molecule has 1 aromatic carbocycles. The van der Waals surface area contributed by atoms with Crippen molar-refractivity contribution in [3.63, 3.8) is 0 Å². The molecule has 1 fully saturated rings. The number of benzene rings is 1. The largest absolute Gasteiger partial charge is 0.488 e. The van der Waals surface area contributed by atoms with Crippen LogP contribution in [0.2, 0.25) is 0 Å². The zero-order valence-electron chi connectivity index (χ0n) is 12.1. The van der Waals surface area contributed by atoms with Crippen LogP contribution >= 0.6 is 0 Å². The molecular weight excluding hydrogens is 314 g/mol. The fourth-order valence-corrected chi connectivity index (χ4v) is 2.80. The molecule has 22 heavy (non-hydrogen) atoms. The Morgan fingerprint density at radius 3 is 2.55 bits per heavy atom. The van der Waals surface area contributed by atoms with Crippen molar-refractivity contribution < 1.29 is 26.5 Å². The van der Waals surface area contributed by atoms with Crippen LogP contribution in [0.15, 0.2) is 12.1 Å². The van der Waals surface area contributed by atoms with Crippen molar-refractivity contribution in [3.8, 4) is 5.75 Å². The van der Waals surface area contributed by atoms with E-state index in [1.165, 1.54) is 6.07 Å². The Balaban J connectivity index is 2.33. The van der Waals surface area contributed by atoms with E-state index in [1.807, 2.05) is 0 Å². The van der Waals surface area contributed by atoms with E-state index in [9.17, 15) is 22.4 Å². The number of hydrogen-bond donors (Lipinski definition) is 3. The molecule has 122 valence electrons. The average molecular weight is 332 g/mol. The highest BCUT2D eigenvalue weighted by Gasteiger charge is 2.22. The second-order valence-electron chi connectivity index (χ2n) is 5.17. The third-order valence-corrected chi connectivity index (χ3v) is 4.00. The molecule has 0 amide bonds. The van der Waals surface area contributed by atoms with Crippen molar-refractivity contribution in [3.05, 3.63) is 23.3 Å². The van der Waals surface area contributed by atoms with Crippen LogP contribution in [0.25, 0.3) is 0 Å². The molecule has 2 rings (SSSR count). The van der Waals surface area contributed by atoms with Gasteiger partial charge in [-0.15, -0.1) is 0 Å². The number of nitrogens with zero attached hydrogens (tertiary/aromatic N) is 1. The molecule has 0 atom stereocenters. The van der Waals surface area contributed by atoms with E-state index in [-0.39, 0.29) is 11.2 Å². The van der Waals surface area contributed by atoms with Gasteiger partial charge in [0.15, 0.2) is 0 Å². The first-order valence-electron chi connectivity index (χ1n) is 6.83. The number of hydrogen-bond acceptors (Lipinski definition) is 7. The predicted octanol–water partition coefficient (Wildman–Crippen LogP) is -1.33. The first-order chi connectivity index (χ1) is 10.3. The predicted molar refractivity (Wildman–Crippen MR) is 79.8 cm³/mol. The number of nitrogens with one attached hydrogen (secondary N) is 1. The van der Waals surface area contributed by atoms with E-state index in [1.54, 1.807) is 6.92 Å². The fourth-order valence-electron chi connectivity index (χ4n) is 2.47. The molecule has 1 aromatic rings. The van der Waals surface area contributed by atoms with Gasteiger partial charge in [-0.2, -0.15) is 8.42 Å². The van der Waals surface area contributed by atoms with Gasteiger partial charge in [0.25, 0.3) is 0 Å². The molecule has 0 spiro atoms. The van der Waals surface area contributed by atoms with Crippen molar-refractivity contribution in [1.82, 2.24) is 10.2 Å². The van der Waals surface area contributed by atoms with E-state index in [4.69, 9.17) is 0 Å². The number of piperazine rings is 1. The lowest BCUT2D eigenvalue weighted by molar-refractivity contribution is 0.232. The highest BCUT2D eigenvalue weighted by molar-refractivity contribution is 7.81. The lowest BCUT2D eigenvalue weighted by Gasteiger charge is -2.28. The first-order valence-corrected chi connectivity index (χ1v) is 8.14. The minimum Gasteiger partial charge on any atom is -0.423 e. The van der Waals surface area contributed by atoms with Gasteiger partial charge in [-0.05, 0) is 35.6 Å². The Morgan fingerprint density at radius 1 is 1.36 bits per heavy atom. The van der Waals surface area contributed by atoms with E-state index >= 15 is 0 Å². The van der Waals surface area contributed by atoms with Crippen LogP contribution in [0, 0.1) is 6.92 Å². The molecule has 1 heterocycles. The molecule has 1 aliphatic rings. The lowest BCUT2D eigenvalue weighted by Crippen LogP contribution is -2.43. The van der Waals surface area contributed by atoms with Gasteiger partial charge in [-0.3, -0.25) is 4.90 Å². The second-order valence-corrected chi connectivity index (χ2v) is 6.13. The van der Waals surface area contributed by atoms with E-state index in [2.05, 4.69) is 14.4 Å². The van der Waals surface area contributed by atoms with Gasteiger partial charge >= 0.3 is 17.6 Å². The SMILES string of the molecule is Cc1c(CN2CCNCC2)cc(OS(=O)(=O)F)cc1B(O)O. The van der Waals surface area contributed by atoms with E-state index < -0.39 is 17.6 Å². The van der Waals surface area contributed by atoms with Gasteiger partial charge in [-0.25, -0.2) is 0 Å². The third kappa shape index (κ3) is 4.65. The summed E-state index contributed by atoms with van der Waals surface area (Å²) in [5.41, 5.74) is 1.36. The maximum Gasteiger partial charge on any atom is 0.488 e. The fraction of sp³-hybridized carbons (Fsp3) is 0.500. The van der Waals surface area contributed by atoms with Crippen molar-refractivity contribution in [1.29, 1.82) is 0 Å². The van der Waals surface area contributed by atoms with Crippen LogP contribution in [-0.4, -0.2) is 56.7 Å². The normalized spacial score (nSPS) is 16.5.